The number of hydrogen-bond acceptors (Lipinski definition) is 4. The van der Waals surface area contributed by atoms with Crippen molar-refractivity contribution in [3.05, 3.63) is 41.3 Å². The molecule has 1 heterocycles. The maximum atomic E-state index is 11.5. The molecule has 2 aromatic rings. The summed E-state index contributed by atoms with van der Waals surface area (Å²) >= 11 is 1.15. The molecule has 0 aliphatic rings. The molecule has 2 rings (SSSR count). The molecule has 2 N–H and O–H groups in total. The number of carboxylic acid groups (broad SMARTS) is 1. The van der Waals surface area contributed by atoms with Gasteiger partial charge in [-0.15, -0.1) is 11.3 Å². The molecule has 0 bridgehead atoms. The van der Waals surface area contributed by atoms with E-state index < -0.39 is 16.0 Å². The predicted molar refractivity (Wildman–Crippen MR) is 79.8 cm³/mol. The van der Waals surface area contributed by atoms with Crippen molar-refractivity contribution in [3.63, 3.8) is 0 Å². The van der Waals surface area contributed by atoms with E-state index in [9.17, 15) is 13.2 Å². The molecule has 0 amide bonds. The minimum absolute atomic E-state index is 0.000603. The standard InChI is InChI=1S/C13H13NO4S2/c1-2-20(17,18)14-10-5-3-4-9(8-10)11-6-7-12(19-11)13(15)16/h3-8,14H,2H2,1H3,(H,15,16). The molecular formula is C13H13NO4S2. The average Bonchev–Trinajstić information content (AvgIpc) is 2.88. The average molecular weight is 311 g/mol. The summed E-state index contributed by atoms with van der Waals surface area (Å²) in [6.45, 7) is 1.56. The highest BCUT2D eigenvalue weighted by atomic mass is 32.2. The molecule has 7 heteroatoms. The highest BCUT2D eigenvalue weighted by molar-refractivity contribution is 7.92. The van der Waals surface area contributed by atoms with E-state index in [1.54, 1.807) is 37.3 Å². The third kappa shape index (κ3) is 3.37. The highest BCUT2D eigenvalue weighted by Gasteiger charge is 2.10. The maximum absolute atomic E-state index is 11.5. The van der Waals surface area contributed by atoms with Gasteiger partial charge in [-0.2, -0.15) is 0 Å². The Balaban J connectivity index is 2.31. The summed E-state index contributed by atoms with van der Waals surface area (Å²) in [4.78, 5) is 11.9. The molecule has 1 aromatic heterocycles. The molecule has 0 fully saturated rings. The number of anilines is 1. The Bertz CT molecular complexity index is 734. The van der Waals surface area contributed by atoms with Gasteiger partial charge in [-0.25, -0.2) is 13.2 Å². The van der Waals surface area contributed by atoms with Gasteiger partial charge in [0, 0.05) is 10.6 Å². The molecule has 0 saturated carbocycles. The lowest BCUT2D eigenvalue weighted by atomic mass is 10.2. The van der Waals surface area contributed by atoms with Crippen molar-refractivity contribution >= 4 is 33.0 Å². The van der Waals surface area contributed by atoms with Crippen molar-refractivity contribution in [3.8, 4) is 10.4 Å². The van der Waals surface area contributed by atoms with E-state index in [4.69, 9.17) is 5.11 Å². The zero-order valence-electron chi connectivity index (χ0n) is 10.7. The molecule has 5 nitrogen and oxygen atoms in total. The Morgan fingerprint density at radius 2 is 2.05 bits per heavy atom. The molecule has 0 atom stereocenters. The summed E-state index contributed by atoms with van der Waals surface area (Å²) in [5, 5.41) is 8.90. The fourth-order valence-corrected chi connectivity index (χ4v) is 3.07. The van der Waals surface area contributed by atoms with Crippen LogP contribution >= 0.6 is 11.3 Å². The van der Waals surface area contributed by atoms with Crippen molar-refractivity contribution in [1.82, 2.24) is 0 Å². The second kappa shape index (κ2) is 5.64. The van der Waals surface area contributed by atoms with Gasteiger partial charge in [0.1, 0.15) is 4.88 Å². The summed E-state index contributed by atoms with van der Waals surface area (Å²) in [5.41, 5.74) is 1.24. The molecule has 20 heavy (non-hydrogen) atoms. The molecule has 0 spiro atoms. The molecule has 106 valence electrons. The lowest BCUT2D eigenvalue weighted by Gasteiger charge is -2.07. The van der Waals surface area contributed by atoms with Gasteiger partial charge in [-0.3, -0.25) is 4.72 Å². The zero-order chi connectivity index (χ0) is 14.8. The van der Waals surface area contributed by atoms with Crippen LogP contribution in [-0.2, 0) is 10.0 Å². The Morgan fingerprint density at radius 1 is 1.30 bits per heavy atom. The van der Waals surface area contributed by atoms with Crippen LogP contribution in [0.1, 0.15) is 16.6 Å². The molecule has 0 aliphatic carbocycles. The minimum atomic E-state index is -3.32. The zero-order valence-corrected chi connectivity index (χ0v) is 12.3. The van der Waals surface area contributed by atoms with Gasteiger partial charge in [0.25, 0.3) is 0 Å². The smallest absolute Gasteiger partial charge is 0.345 e. The first kappa shape index (κ1) is 14.5. The molecule has 0 aliphatic heterocycles. The van der Waals surface area contributed by atoms with Crippen molar-refractivity contribution in [2.75, 3.05) is 10.5 Å². The summed E-state index contributed by atoms with van der Waals surface area (Å²) in [6, 6.07) is 10.1. The van der Waals surface area contributed by atoms with Gasteiger partial charge >= 0.3 is 5.97 Å². The SMILES string of the molecule is CCS(=O)(=O)Nc1cccc(-c2ccc(C(=O)O)s2)c1. The van der Waals surface area contributed by atoms with Crippen LogP contribution in [0.4, 0.5) is 5.69 Å². The fourth-order valence-electron chi connectivity index (χ4n) is 1.60. The number of sulfonamides is 1. The first-order valence-corrected chi connectivity index (χ1v) is 8.32. The van der Waals surface area contributed by atoms with Crippen molar-refractivity contribution < 1.29 is 18.3 Å². The number of nitrogens with one attached hydrogen (secondary N) is 1. The van der Waals surface area contributed by atoms with Crippen molar-refractivity contribution in [1.29, 1.82) is 0 Å². The van der Waals surface area contributed by atoms with Crippen LogP contribution < -0.4 is 4.72 Å². The molecular weight excluding hydrogens is 298 g/mol. The minimum Gasteiger partial charge on any atom is -0.477 e. The first-order chi connectivity index (χ1) is 9.41. The number of hydrogen-bond donors (Lipinski definition) is 2. The molecule has 1 aromatic carbocycles. The van der Waals surface area contributed by atoms with E-state index >= 15 is 0 Å². The molecule has 0 saturated heterocycles. The van der Waals surface area contributed by atoms with Crippen molar-refractivity contribution in [2.24, 2.45) is 0 Å². The van der Waals surface area contributed by atoms with Gasteiger partial charge in [-0.05, 0) is 36.8 Å². The van der Waals surface area contributed by atoms with E-state index in [2.05, 4.69) is 4.72 Å². The predicted octanol–water partition coefficient (Wildman–Crippen LogP) is 2.87. The monoisotopic (exact) mass is 311 g/mol. The van der Waals surface area contributed by atoms with Crippen LogP contribution in [0.2, 0.25) is 0 Å². The summed E-state index contributed by atoms with van der Waals surface area (Å²) in [7, 11) is -3.32. The van der Waals surface area contributed by atoms with Gasteiger partial charge in [0.05, 0.1) is 5.75 Å². The van der Waals surface area contributed by atoms with E-state index in [-0.39, 0.29) is 10.6 Å². The largest absolute Gasteiger partial charge is 0.477 e. The number of rotatable bonds is 5. The highest BCUT2D eigenvalue weighted by Crippen LogP contribution is 2.30. The number of benzene rings is 1. The van der Waals surface area contributed by atoms with E-state index in [1.165, 1.54) is 6.07 Å². The third-order valence-corrected chi connectivity index (χ3v) is 5.05. The second-order valence-corrected chi connectivity index (χ2v) is 7.15. The van der Waals surface area contributed by atoms with Gasteiger partial charge in [-0.1, -0.05) is 12.1 Å². The number of carboxylic acids is 1. The summed E-state index contributed by atoms with van der Waals surface area (Å²) in [6.07, 6.45) is 0. The van der Waals surface area contributed by atoms with E-state index in [1.807, 2.05) is 0 Å². The Labute approximate surface area is 120 Å². The van der Waals surface area contributed by atoms with Crippen molar-refractivity contribution in [2.45, 2.75) is 6.92 Å². The van der Waals surface area contributed by atoms with E-state index in [0.29, 0.717) is 5.69 Å². The number of aromatic carboxylic acids is 1. The number of thiophene rings is 1. The van der Waals surface area contributed by atoms with Crippen LogP contribution in [0.25, 0.3) is 10.4 Å². The lowest BCUT2D eigenvalue weighted by molar-refractivity contribution is 0.0702. The van der Waals surface area contributed by atoms with Crippen LogP contribution in [0.3, 0.4) is 0 Å². The maximum Gasteiger partial charge on any atom is 0.345 e. The van der Waals surface area contributed by atoms with Crippen LogP contribution in [0.15, 0.2) is 36.4 Å². The molecule has 0 unspecified atom stereocenters. The number of carbonyl (C=O) groups is 1. The topological polar surface area (TPSA) is 83.5 Å². The first-order valence-electron chi connectivity index (χ1n) is 5.85. The van der Waals surface area contributed by atoms with Crippen LogP contribution in [-0.4, -0.2) is 25.2 Å². The third-order valence-electron chi connectivity index (χ3n) is 2.62. The Morgan fingerprint density at radius 3 is 2.65 bits per heavy atom. The Kier molecular flexibility index (Phi) is 4.10. The van der Waals surface area contributed by atoms with Gasteiger partial charge in [0.15, 0.2) is 0 Å². The summed E-state index contributed by atoms with van der Waals surface area (Å²) in [5.74, 6) is -0.969. The fraction of sp³-hybridized carbons (Fsp3) is 0.154. The van der Waals surface area contributed by atoms with Gasteiger partial charge < -0.3 is 5.11 Å². The van der Waals surface area contributed by atoms with Crippen LogP contribution in [0.5, 0.6) is 0 Å². The normalized spacial score (nSPS) is 11.2. The van der Waals surface area contributed by atoms with Crippen LogP contribution in [0, 0.1) is 0 Å². The second-order valence-electron chi connectivity index (χ2n) is 4.06. The van der Waals surface area contributed by atoms with Gasteiger partial charge in [0.2, 0.25) is 10.0 Å². The lowest BCUT2D eigenvalue weighted by Crippen LogP contribution is -2.14. The summed E-state index contributed by atoms with van der Waals surface area (Å²) < 4.78 is 25.5. The Hall–Kier alpha value is -1.86. The quantitative estimate of drug-likeness (QED) is 0.889. The van der Waals surface area contributed by atoms with E-state index in [0.717, 1.165) is 21.8 Å². The molecule has 0 radical (unpaired) electrons.